The molecule has 0 aromatic carbocycles. The van der Waals surface area contributed by atoms with Gasteiger partial charge in [-0.3, -0.25) is 37.3 Å². The van der Waals surface area contributed by atoms with Crippen LogP contribution in [-0.4, -0.2) is 96.7 Å². The van der Waals surface area contributed by atoms with Crippen LogP contribution in [0.4, 0.5) is 0 Å². The van der Waals surface area contributed by atoms with E-state index >= 15 is 0 Å². The number of phosphoric ester groups is 2. The van der Waals surface area contributed by atoms with Crippen LogP contribution >= 0.6 is 15.6 Å². The zero-order valence-electron chi connectivity index (χ0n) is 57.6. The van der Waals surface area contributed by atoms with E-state index in [-0.39, 0.29) is 25.7 Å². The van der Waals surface area contributed by atoms with E-state index in [0.717, 1.165) is 122 Å². The van der Waals surface area contributed by atoms with Crippen LogP contribution in [0.5, 0.6) is 0 Å². The van der Waals surface area contributed by atoms with Crippen molar-refractivity contribution in [3.05, 3.63) is 24.3 Å². The van der Waals surface area contributed by atoms with E-state index < -0.39 is 97.5 Å². The summed E-state index contributed by atoms with van der Waals surface area (Å²) in [7, 11) is -9.90. The Labute approximate surface area is 548 Å². The topological polar surface area (TPSA) is 237 Å². The van der Waals surface area contributed by atoms with Crippen LogP contribution in [0, 0.1) is 0 Å². The zero-order valence-corrected chi connectivity index (χ0v) is 59.4. The van der Waals surface area contributed by atoms with Crippen molar-refractivity contribution in [1.29, 1.82) is 0 Å². The Balaban J connectivity index is 5.22. The largest absolute Gasteiger partial charge is 0.472 e. The second-order valence-electron chi connectivity index (χ2n) is 24.9. The van der Waals surface area contributed by atoms with E-state index in [0.29, 0.717) is 25.7 Å². The van der Waals surface area contributed by atoms with Gasteiger partial charge in [0.1, 0.15) is 19.3 Å². The first-order valence-corrected chi connectivity index (χ1v) is 39.6. The Morgan fingerprint density at radius 3 is 0.811 bits per heavy atom. The van der Waals surface area contributed by atoms with Gasteiger partial charge < -0.3 is 33.8 Å². The van der Waals surface area contributed by atoms with E-state index in [1.807, 2.05) is 0 Å². The standard InChI is InChI=1S/C71H134O17P2/c1-5-9-13-17-21-24-27-29-31-32-33-35-37-39-42-46-50-54-58-71(76)88-67(62-82-69(74)56-52-48-44-41-38-36-34-30-28-25-22-18-14-10-6-2)64-86-90(79,80)84-60-65(72)59-83-89(77,78)85-63-66(61-81-68(73)55-51-47-43-20-16-12-8-4)87-70(75)57-53-49-45-40-26-23-19-15-11-7-3/h25,28,30,34,65-67,72H,5-24,26-27,29,31-33,35-64H2,1-4H3,(H,77,78)(H,79,80)/b28-25-,34-30-/t65-,66+,67+/m0/s1. The molecule has 3 N–H and O–H groups in total. The summed E-state index contributed by atoms with van der Waals surface area (Å²) in [6.07, 6.45) is 56.4. The number of carbonyl (C=O) groups excluding carboxylic acids is 4. The maximum atomic E-state index is 13.0. The number of esters is 4. The molecular formula is C71H134O17P2. The molecule has 0 spiro atoms. The number of hydrogen-bond acceptors (Lipinski definition) is 15. The number of aliphatic hydroxyl groups excluding tert-OH is 1. The zero-order chi connectivity index (χ0) is 66.1. The lowest BCUT2D eigenvalue weighted by atomic mass is 10.0. The number of allylic oxidation sites excluding steroid dienone is 4. The summed E-state index contributed by atoms with van der Waals surface area (Å²) in [5, 5.41) is 10.6. The lowest BCUT2D eigenvalue weighted by Gasteiger charge is -2.21. The van der Waals surface area contributed by atoms with E-state index in [9.17, 15) is 43.2 Å². The van der Waals surface area contributed by atoms with Gasteiger partial charge in [0, 0.05) is 25.7 Å². The van der Waals surface area contributed by atoms with Crippen molar-refractivity contribution in [3.63, 3.8) is 0 Å². The quantitative estimate of drug-likeness (QED) is 0.0169. The van der Waals surface area contributed by atoms with Gasteiger partial charge in [0.15, 0.2) is 12.2 Å². The monoisotopic (exact) mass is 1320 g/mol. The summed E-state index contributed by atoms with van der Waals surface area (Å²) >= 11 is 0. The third-order valence-electron chi connectivity index (χ3n) is 16.0. The second kappa shape index (κ2) is 65.2. The van der Waals surface area contributed by atoms with Crippen LogP contribution in [0.3, 0.4) is 0 Å². The molecule has 0 aromatic heterocycles. The van der Waals surface area contributed by atoms with Gasteiger partial charge >= 0.3 is 39.5 Å². The molecule has 0 saturated carbocycles. The van der Waals surface area contributed by atoms with Gasteiger partial charge in [-0.1, -0.05) is 296 Å². The molecule has 0 radical (unpaired) electrons. The van der Waals surface area contributed by atoms with Crippen molar-refractivity contribution >= 4 is 39.5 Å². The first-order chi connectivity index (χ1) is 43.7. The first kappa shape index (κ1) is 87.5. The Morgan fingerprint density at radius 2 is 0.533 bits per heavy atom. The number of rotatable bonds is 70. The third-order valence-corrected chi connectivity index (χ3v) is 17.9. The van der Waals surface area contributed by atoms with Gasteiger partial charge in [0.2, 0.25) is 0 Å². The van der Waals surface area contributed by atoms with Crippen LogP contribution < -0.4 is 0 Å². The van der Waals surface area contributed by atoms with Crippen molar-refractivity contribution in [2.75, 3.05) is 39.6 Å². The summed E-state index contributed by atoms with van der Waals surface area (Å²) in [5.74, 6) is -2.16. The molecule has 90 heavy (non-hydrogen) atoms. The lowest BCUT2D eigenvalue weighted by molar-refractivity contribution is -0.161. The van der Waals surface area contributed by atoms with Crippen molar-refractivity contribution in [2.45, 2.75) is 367 Å². The molecular weight excluding hydrogens is 1190 g/mol. The summed E-state index contributed by atoms with van der Waals surface area (Å²) in [5.41, 5.74) is 0. The summed E-state index contributed by atoms with van der Waals surface area (Å²) in [6.45, 7) is 4.83. The number of ether oxygens (including phenoxy) is 4. The molecule has 0 bridgehead atoms. The van der Waals surface area contributed by atoms with Gasteiger partial charge in [0.25, 0.3) is 0 Å². The minimum Gasteiger partial charge on any atom is -0.462 e. The molecule has 0 saturated heterocycles. The van der Waals surface area contributed by atoms with Crippen molar-refractivity contribution in [3.8, 4) is 0 Å². The van der Waals surface area contributed by atoms with Gasteiger partial charge in [-0.2, -0.15) is 0 Å². The Hall–Kier alpha value is -2.46. The van der Waals surface area contributed by atoms with Crippen molar-refractivity contribution < 1.29 is 80.2 Å². The molecule has 0 fully saturated rings. The average Bonchev–Trinajstić information content (AvgIpc) is 3.71. The summed E-state index contributed by atoms with van der Waals surface area (Å²) < 4.78 is 68.1. The van der Waals surface area contributed by atoms with Crippen LogP contribution in [0.25, 0.3) is 0 Å². The molecule has 5 atom stereocenters. The number of phosphoric acid groups is 2. The van der Waals surface area contributed by atoms with E-state index in [4.69, 9.17) is 37.0 Å². The number of hydrogen-bond donors (Lipinski definition) is 3. The highest BCUT2D eigenvalue weighted by molar-refractivity contribution is 7.47. The number of aliphatic hydroxyl groups is 1. The molecule has 17 nitrogen and oxygen atoms in total. The number of carbonyl (C=O) groups is 4. The number of unbranched alkanes of at least 4 members (excludes halogenated alkanes) is 41. The maximum Gasteiger partial charge on any atom is 0.472 e. The fourth-order valence-corrected chi connectivity index (χ4v) is 11.9. The second-order valence-corrected chi connectivity index (χ2v) is 27.8. The Morgan fingerprint density at radius 1 is 0.311 bits per heavy atom. The van der Waals surface area contributed by atoms with Crippen LogP contribution in [0.1, 0.15) is 349 Å². The van der Waals surface area contributed by atoms with E-state index in [1.54, 1.807) is 0 Å². The van der Waals surface area contributed by atoms with E-state index in [1.165, 1.54) is 148 Å². The van der Waals surface area contributed by atoms with Crippen LogP contribution in [-0.2, 0) is 65.4 Å². The fourth-order valence-electron chi connectivity index (χ4n) is 10.3. The molecule has 0 aliphatic rings. The molecule has 2 unspecified atom stereocenters. The van der Waals surface area contributed by atoms with E-state index in [2.05, 4.69) is 52.0 Å². The minimum atomic E-state index is -4.96. The summed E-state index contributed by atoms with van der Waals surface area (Å²) in [6, 6.07) is 0. The fraction of sp³-hybridized carbons (Fsp3) is 0.887. The smallest absolute Gasteiger partial charge is 0.462 e. The normalized spacial score (nSPS) is 14.2. The molecule has 0 aliphatic carbocycles. The molecule has 0 heterocycles. The lowest BCUT2D eigenvalue weighted by Crippen LogP contribution is -2.30. The highest BCUT2D eigenvalue weighted by atomic mass is 31.2. The van der Waals surface area contributed by atoms with Gasteiger partial charge in [0.05, 0.1) is 26.4 Å². The average molecular weight is 1320 g/mol. The van der Waals surface area contributed by atoms with Crippen LogP contribution in [0.15, 0.2) is 24.3 Å². The van der Waals surface area contributed by atoms with Crippen molar-refractivity contribution in [2.24, 2.45) is 0 Å². The third kappa shape index (κ3) is 64.3. The SMILES string of the molecule is CCCCCC/C=C\C=C/CCCCCCCC(=O)OC[C@H](COP(=O)(O)OC[C@@H](O)COP(=O)(O)OC[C@@H](COC(=O)CCCCCCCCC)OC(=O)CCCCCCCCCCCC)OC(=O)CCCCCCCCCCCCCCCCCCCC. The molecule has 19 heteroatoms. The molecule has 530 valence electrons. The van der Waals surface area contributed by atoms with Crippen LogP contribution in [0.2, 0.25) is 0 Å². The Kier molecular flexibility index (Phi) is 63.4. The van der Waals surface area contributed by atoms with Crippen molar-refractivity contribution in [1.82, 2.24) is 0 Å². The molecule has 0 rings (SSSR count). The minimum absolute atomic E-state index is 0.102. The highest BCUT2D eigenvalue weighted by Crippen LogP contribution is 2.45. The van der Waals surface area contributed by atoms with Gasteiger partial charge in [-0.05, 0) is 51.4 Å². The Bertz CT molecular complexity index is 1820. The maximum absolute atomic E-state index is 13.0. The molecule has 0 aromatic rings. The highest BCUT2D eigenvalue weighted by Gasteiger charge is 2.30. The predicted octanol–water partition coefficient (Wildman–Crippen LogP) is 20.2. The summed E-state index contributed by atoms with van der Waals surface area (Å²) in [4.78, 5) is 72.4. The van der Waals surface area contributed by atoms with Gasteiger partial charge in [-0.15, -0.1) is 0 Å². The molecule has 0 aliphatic heterocycles. The first-order valence-electron chi connectivity index (χ1n) is 36.6. The predicted molar refractivity (Wildman–Crippen MR) is 363 cm³/mol. The van der Waals surface area contributed by atoms with Gasteiger partial charge in [-0.25, -0.2) is 9.13 Å². The molecule has 0 amide bonds.